The third-order valence-electron chi connectivity index (χ3n) is 2.10. The van der Waals surface area contributed by atoms with E-state index in [9.17, 15) is 8.78 Å². The molecule has 8 heteroatoms. The summed E-state index contributed by atoms with van der Waals surface area (Å²) < 4.78 is 26.9. The number of H-pyrrole nitrogens is 1. The number of hydrogen-bond acceptors (Lipinski definition) is 3. The van der Waals surface area contributed by atoms with Crippen LogP contribution in [0.4, 0.5) is 8.78 Å². The Morgan fingerprint density at radius 1 is 1.41 bits per heavy atom. The highest BCUT2D eigenvalue weighted by Gasteiger charge is 2.16. The second kappa shape index (κ2) is 5.20. The lowest BCUT2D eigenvalue weighted by Crippen LogP contribution is -1.86. The molecule has 92 valence electrons. The van der Waals surface area contributed by atoms with Crippen LogP contribution in [0.1, 0.15) is 0 Å². The summed E-state index contributed by atoms with van der Waals surface area (Å²) in [6.45, 7) is 0. The van der Waals surface area contributed by atoms with Gasteiger partial charge in [0, 0.05) is 11.1 Å². The van der Waals surface area contributed by atoms with Gasteiger partial charge in [0.05, 0.1) is 20.9 Å². The zero-order valence-electron chi connectivity index (χ0n) is 8.25. The van der Waals surface area contributed by atoms with E-state index in [2.05, 4.69) is 20.9 Å². The minimum Gasteiger partial charge on any atom is -0.360 e. The predicted octanol–water partition coefficient (Wildman–Crippen LogP) is 3.55. The average molecular weight is 342 g/mol. The van der Waals surface area contributed by atoms with E-state index in [0.717, 1.165) is 11.8 Å². The molecule has 0 saturated heterocycles. The Kier molecular flexibility index (Phi) is 4.05. The third-order valence-corrected chi connectivity index (χ3v) is 4.90. The topological polar surface area (TPSA) is 56.2 Å². The molecule has 2 rings (SSSR count). The van der Waals surface area contributed by atoms with Gasteiger partial charge in [-0.2, -0.15) is 0 Å². The molecule has 0 fully saturated rings. The number of nitrogens with one attached hydrogen (secondary N) is 1. The molecule has 0 aliphatic rings. The first-order valence-corrected chi connectivity index (χ1v) is 7.64. The monoisotopic (exact) mass is 341 g/mol. The van der Waals surface area contributed by atoms with Crippen molar-refractivity contribution in [2.75, 3.05) is 5.49 Å². The molecule has 0 amide bonds. The number of hydrogen-bond donors (Lipinski definition) is 3. The normalized spacial score (nSPS) is 11.6. The van der Waals surface area contributed by atoms with Crippen molar-refractivity contribution in [1.82, 2.24) is 4.98 Å². The Morgan fingerprint density at radius 2 is 2.12 bits per heavy atom. The molecule has 1 aromatic carbocycles. The van der Waals surface area contributed by atoms with Crippen molar-refractivity contribution in [3.05, 3.63) is 28.4 Å². The van der Waals surface area contributed by atoms with Crippen LogP contribution < -0.4 is 0 Å². The summed E-state index contributed by atoms with van der Waals surface area (Å²) in [5.41, 5.74) is 0.419. The summed E-state index contributed by atoms with van der Waals surface area (Å²) in [5.74, 6) is -1.37. The Bertz CT molecular complexity index is 563. The van der Waals surface area contributed by atoms with Crippen LogP contribution in [-0.4, -0.2) is 20.3 Å². The first kappa shape index (κ1) is 13.2. The summed E-state index contributed by atoms with van der Waals surface area (Å²) in [5, 5.41) is 0.250. The molecule has 0 saturated carbocycles. The third kappa shape index (κ3) is 2.63. The molecular formula is C9H7BrF2NO2PS. The van der Waals surface area contributed by atoms with Crippen molar-refractivity contribution in [2.45, 2.75) is 4.90 Å². The maximum atomic E-state index is 13.8. The van der Waals surface area contributed by atoms with Gasteiger partial charge in [0.2, 0.25) is 0 Å². The molecule has 2 aromatic rings. The second-order valence-corrected chi connectivity index (χ2v) is 6.51. The van der Waals surface area contributed by atoms with Crippen LogP contribution in [0.2, 0.25) is 0 Å². The molecule has 0 atom stereocenters. The van der Waals surface area contributed by atoms with Crippen molar-refractivity contribution in [3.8, 4) is 0 Å². The van der Waals surface area contributed by atoms with Gasteiger partial charge in [0.1, 0.15) is 5.82 Å². The van der Waals surface area contributed by atoms with E-state index in [4.69, 9.17) is 9.79 Å². The summed E-state index contributed by atoms with van der Waals surface area (Å²) in [6, 6.07) is 1.19. The number of fused-ring (bicyclic) bond motifs is 1. The Morgan fingerprint density at radius 3 is 2.76 bits per heavy atom. The molecule has 3 nitrogen and oxygen atoms in total. The van der Waals surface area contributed by atoms with Crippen molar-refractivity contribution < 1.29 is 18.6 Å². The molecule has 0 radical (unpaired) electrons. The van der Waals surface area contributed by atoms with Crippen LogP contribution in [0.5, 0.6) is 0 Å². The standard InChI is InChI=1S/C9H7BrF2NO2PS/c10-8-4(11)1-5-7(9(8)12)6(2-13-5)17-3-16(14)15/h1-2,13-15H,3H2. The molecule has 1 aromatic heterocycles. The maximum Gasteiger partial charge on any atom is 0.175 e. The number of rotatable bonds is 3. The summed E-state index contributed by atoms with van der Waals surface area (Å²) in [4.78, 5) is 20.9. The first-order chi connectivity index (χ1) is 8.00. The van der Waals surface area contributed by atoms with Crippen molar-refractivity contribution in [3.63, 3.8) is 0 Å². The average Bonchev–Trinajstić information content (AvgIpc) is 2.66. The van der Waals surface area contributed by atoms with Gasteiger partial charge in [-0.1, -0.05) is 0 Å². The van der Waals surface area contributed by atoms with Crippen LogP contribution in [0.3, 0.4) is 0 Å². The number of halogens is 3. The highest BCUT2D eigenvalue weighted by Crippen LogP contribution is 2.39. The lowest BCUT2D eigenvalue weighted by atomic mass is 10.2. The van der Waals surface area contributed by atoms with Crippen molar-refractivity contribution in [2.24, 2.45) is 0 Å². The summed E-state index contributed by atoms with van der Waals surface area (Å²) in [6.07, 6.45) is 1.52. The lowest BCUT2D eigenvalue weighted by Gasteiger charge is -2.03. The highest BCUT2D eigenvalue weighted by atomic mass is 79.9. The Balaban J connectivity index is 2.48. The van der Waals surface area contributed by atoms with Crippen molar-refractivity contribution >= 4 is 47.0 Å². The zero-order valence-corrected chi connectivity index (χ0v) is 11.5. The largest absolute Gasteiger partial charge is 0.360 e. The maximum absolute atomic E-state index is 13.8. The van der Waals surface area contributed by atoms with Crippen LogP contribution in [-0.2, 0) is 0 Å². The van der Waals surface area contributed by atoms with E-state index in [1.54, 1.807) is 0 Å². The van der Waals surface area contributed by atoms with Gasteiger partial charge in [-0.05, 0) is 22.0 Å². The van der Waals surface area contributed by atoms with Crippen molar-refractivity contribution in [1.29, 1.82) is 0 Å². The van der Waals surface area contributed by atoms with E-state index in [1.165, 1.54) is 12.3 Å². The first-order valence-electron chi connectivity index (χ1n) is 4.43. The Hall–Kier alpha value is -0.200. The minimum atomic E-state index is -2.04. The quantitative estimate of drug-likeness (QED) is 0.454. The molecule has 0 unspecified atom stereocenters. The number of aromatic amines is 1. The van der Waals surface area contributed by atoms with E-state index in [0.29, 0.717) is 10.4 Å². The number of benzene rings is 1. The van der Waals surface area contributed by atoms with Gasteiger partial charge >= 0.3 is 0 Å². The Labute approximate surface area is 109 Å². The van der Waals surface area contributed by atoms with Gasteiger partial charge in [0.15, 0.2) is 14.2 Å². The molecule has 17 heavy (non-hydrogen) atoms. The predicted molar refractivity (Wildman–Crippen MR) is 68.0 cm³/mol. The van der Waals surface area contributed by atoms with E-state index < -0.39 is 20.0 Å². The summed E-state index contributed by atoms with van der Waals surface area (Å²) in [7, 11) is -2.04. The van der Waals surface area contributed by atoms with Crippen LogP contribution in [0.25, 0.3) is 10.9 Å². The van der Waals surface area contributed by atoms with E-state index >= 15 is 0 Å². The number of thioether (sulfide) groups is 1. The van der Waals surface area contributed by atoms with Crippen LogP contribution in [0.15, 0.2) is 21.6 Å². The molecular weight excluding hydrogens is 335 g/mol. The molecule has 0 aliphatic heterocycles. The van der Waals surface area contributed by atoms with E-state index in [1.807, 2.05) is 0 Å². The summed E-state index contributed by atoms with van der Waals surface area (Å²) >= 11 is 3.94. The number of aromatic nitrogens is 1. The van der Waals surface area contributed by atoms with E-state index in [-0.39, 0.29) is 15.4 Å². The van der Waals surface area contributed by atoms with Gasteiger partial charge in [-0.15, -0.1) is 11.8 Å². The molecule has 1 heterocycles. The van der Waals surface area contributed by atoms with Gasteiger partial charge in [-0.3, -0.25) is 0 Å². The highest BCUT2D eigenvalue weighted by molar-refractivity contribution is 9.10. The molecule has 3 N–H and O–H groups in total. The van der Waals surface area contributed by atoms with Gasteiger partial charge in [0.25, 0.3) is 0 Å². The van der Waals surface area contributed by atoms with Crippen LogP contribution >= 0.6 is 36.1 Å². The van der Waals surface area contributed by atoms with Gasteiger partial charge < -0.3 is 14.8 Å². The fraction of sp³-hybridized carbons (Fsp3) is 0.111. The molecule has 0 spiro atoms. The zero-order chi connectivity index (χ0) is 12.6. The lowest BCUT2D eigenvalue weighted by molar-refractivity contribution is 0.489. The SMILES string of the molecule is OP(O)CSc1c[nH]c2cc(F)c(Br)c(F)c12. The molecule has 0 bridgehead atoms. The van der Waals surface area contributed by atoms with Gasteiger partial charge in [-0.25, -0.2) is 8.78 Å². The minimum absolute atomic E-state index is 0.0801. The fourth-order valence-corrected chi connectivity index (χ4v) is 3.22. The fourth-order valence-electron chi connectivity index (χ4n) is 1.41. The smallest absolute Gasteiger partial charge is 0.175 e. The second-order valence-electron chi connectivity index (χ2n) is 3.21. The molecule has 0 aliphatic carbocycles. The van der Waals surface area contributed by atoms with Crippen LogP contribution in [0, 0.1) is 11.6 Å².